The Balaban J connectivity index is 1.69. The molecule has 1 heterocycles. The van der Waals surface area contributed by atoms with Crippen LogP contribution < -0.4 is 19.9 Å². The first-order chi connectivity index (χ1) is 23.8. The zero-order valence-corrected chi connectivity index (χ0v) is 31.3. The highest BCUT2D eigenvalue weighted by molar-refractivity contribution is 7.98. The Morgan fingerprint density at radius 3 is 2.20 bits per heavy atom. The van der Waals surface area contributed by atoms with Gasteiger partial charge in [-0.1, -0.05) is 75.9 Å². The van der Waals surface area contributed by atoms with Gasteiger partial charge in [0, 0.05) is 35.9 Å². The quantitative estimate of drug-likeness (QED) is 0.122. The molecule has 0 radical (unpaired) electrons. The van der Waals surface area contributed by atoms with Crippen LogP contribution in [-0.4, -0.2) is 77.2 Å². The first-order valence-electron chi connectivity index (χ1n) is 16.8. The fourth-order valence-electron chi connectivity index (χ4n) is 6.25. The average molecular weight is 746 g/mol. The number of ether oxygens (including phenoxy) is 1. The molecule has 0 atom stereocenters. The standard InChI is InChI=1S/C36H47N3O8S3/c1-4-6-18-36(19-7-5-2)26-39(29-16-12-9-13-17-29)30-22-32(48-3)31(23-33(30)49(42,43)27-36)47-25-35(41)38(28-14-10-8-11-15-28)24-34(40)37-20-21-50(44,45)46/h8-17,22-23H,4-7,18-21,24-27H2,1-3H3,(H,37,40)(H,44,45,46). The molecule has 0 saturated heterocycles. The molecular formula is C36H47N3O8S3. The van der Waals surface area contributed by atoms with E-state index in [1.54, 1.807) is 30.3 Å². The highest BCUT2D eigenvalue weighted by atomic mass is 32.2. The van der Waals surface area contributed by atoms with Crippen molar-refractivity contribution < 1.29 is 35.7 Å². The van der Waals surface area contributed by atoms with E-state index in [9.17, 15) is 26.4 Å². The van der Waals surface area contributed by atoms with E-state index in [4.69, 9.17) is 9.29 Å². The largest absolute Gasteiger partial charge is 0.483 e. The van der Waals surface area contributed by atoms with E-state index < -0.39 is 56.1 Å². The molecule has 3 aromatic carbocycles. The molecule has 14 heteroatoms. The molecule has 0 aromatic heterocycles. The topological polar surface area (TPSA) is 150 Å². The molecular weight excluding hydrogens is 699 g/mol. The third kappa shape index (κ3) is 10.5. The number of unbranched alkanes of at least 4 members (excludes halogenated alkanes) is 2. The van der Waals surface area contributed by atoms with Gasteiger partial charge >= 0.3 is 0 Å². The van der Waals surface area contributed by atoms with E-state index >= 15 is 0 Å². The third-order valence-electron chi connectivity index (χ3n) is 8.75. The number of para-hydroxylation sites is 2. The Kier molecular flexibility index (Phi) is 13.8. The summed E-state index contributed by atoms with van der Waals surface area (Å²) in [5.41, 5.74) is 1.41. The molecule has 11 nitrogen and oxygen atoms in total. The van der Waals surface area contributed by atoms with Crippen LogP contribution in [0.3, 0.4) is 0 Å². The van der Waals surface area contributed by atoms with Gasteiger partial charge in [0.25, 0.3) is 16.0 Å². The Hall–Kier alpha value is -3.59. The summed E-state index contributed by atoms with van der Waals surface area (Å²) in [6, 6.07) is 21.6. The number of nitrogens with zero attached hydrogens (tertiary/aromatic N) is 2. The highest BCUT2D eigenvalue weighted by Crippen LogP contribution is 2.47. The number of hydrogen-bond donors (Lipinski definition) is 2. The van der Waals surface area contributed by atoms with Crippen LogP contribution >= 0.6 is 11.8 Å². The van der Waals surface area contributed by atoms with Gasteiger partial charge in [-0.15, -0.1) is 11.8 Å². The van der Waals surface area contributed by atoms with Gasteiger partial charge in [-0.05, 0) is 49.4 Å². The lowest BCUT2D eigenvalue weighted by Gasteiger charge is -2.37. The van der Waals surface area contributed by atoms with E-state index in [0.29, 0.717) is 22.8 Å². The lowest BCUT2D eigenvalue weighted by atomic mass is 9.79. The van der Waals surface area contributed by atoms with Crippen LogP contribution in [0.1, 0.15) is 52.4 Å². The number of hydrogen-bond acceptors (Lipinski definition) is 9. The number of carbonyl (C=O) groups is 2. The number of benzene rings is 3. The second-order valence-electron chi connectivity index (χ2n) is 12.6. The van der Waals surface area contributed by atoms with Crippen molar-refractivity contribution >= 4 is 60.6 Å². The van der Waals surface area contributed by atoms with Gasteiger partial charge in [-0.3, -0.25) is 14.1 Å². The maximum Gasteiger partial charge on any atom is 0.266 e. The van der Waals surface area contributed by atoms with Gasteiger partial charge in [-0.2, -0.15) is 8.42 Å². The molecule has 0 aliphatic carbocycles. The fraction of sp³-hybridized carbons (Fsp3) is 0.444. The molecule has 0 fully saturated rings. The molecule has 0 saturated carbocycles. The molecule has 0 unspecified atom stereocenters. The van der Waals surface area contributed by atoms with Gasteiger partial charge in [0.15, 0.2) is 16.4 Å². The number of fused-ring (bicyclic) bond motifs is 1. The predicted molar refractivity (Wildman–Crippen MR) is 199 cm³/mol. The molecule has 1 aliphatic heterocycles. The predicted octanol–water partition coefficient (Wildman–Crippen LogP) is 6.12. The molecule has 0 bridgehead atoms. The normalized spacial score (nSPS) is 15.1. The zero-order chi connectivity index (χ0) is 36.4. The van der Waals surface area contributed by atoms with Crippen LogP contribution in [0.5, 0.6) is 5.75 Å². The summed E-state index contributed by atoms with van der Waals surface area (Å²) in [7, 11) is -8.09. The summed E-state index contributed by atoms with van der Waals surface area (Å²) in [6.07, 6.45) is 7.18. The zero-order valence-electron chi connectivity index (χ0n) is 28.8. The van der Waals surface area contributed by atoms with Gasteiger partial charge < -0.3 is 19.9 Å². The van der Waals surface area contributed by atoms with Crippen molar-refractivity contribution in [3.63, 3.8) is 0 Å². The van der Waals surface area contributed by atoms with Gasteiger partial charge in [0.05, 0.1) is 27.0 Å². The summed E-state index contributed by atoms with van der Waals surface area (Å²) in [5.74, 6) is -1.64. The number of nitrogens with one attached hydrogen (secondary N) is 1. The summed E-state index contributed by atoms with van der Waals surface area (Å²) in [4.78, 5) is 30.4. The lowest BCUT2D eigenvalue weighted by Crippen LogP contribution is -2.43. The van der Waals surface area contributed by atoms with E-state index in [1.165, 1.54) is 22.7 Å². The molecule has 2 N–H and O–H groups in total. The molecule has 272 valence electrons. The Morgan fingerprint density at radius 2 is 1.62 bits per heavy atom. The summed E-state index contributed by atoms with van der Waals surface area (Å²) >= 11 is 1.37. The molecule has 2 amide bonds. The van der Waals surface area contributed by atoms with Gasteiger partial charge in [0.2, 0.25) is 5.91 Å². The maximum atomic E-state index is 14.4. The smallest absolute Gasteiger partial charge is 0.266 e. The summed E-state index contributed by atoms with van der Waals surface area (Å²) in [5, 5.41) is 2.40. The number of thioether (sulfide) groups is 1. The highest BCUT2D eigenvalue weighted by Gasteiger charge is 2.42. The maximum absolute atomic E-state index is 14.4. The SMILES string of the molecule is CCCCC1(CCCC)CN(c2ccccc2)c2cc(SC)c(OCC(=O)N(CC(=O)NCCS(=O)(=O)O)c3ccccc3)cc2S(=O)(=O)C1. The third-order valence-corrected chi connectivity index (χ3v) is 12.2. The second kappa shape index (κ2) is 17.6. The van der Waals surface area contributed by atoms with Crippen LogP contribution in [0.4, 0.5) is 17.1 Å². The van der Waals surface area contributed by atoms with Crippen molar-refractivity contribution in [2.45, 2.75) is 62.2 Å². The Bertz CT molecular complexity index is 1810. The van der Waals surface area contributed by atoms with Crippen molar-refractivity contribution in [1.82, 2.24) is 5.32 Å². The van der Waals surface area contributed by atoms with E-state index in [2.05, 4.69) is 24.1 Å². The molecule has 50 heavy (non-hydrogen) atoms. The minimum atomic E-state index is -4.28. The van der Waals surface area contributed by atoms with Crippen LogP contribution in [0, 0.1) is 5.41 Å². The minimum Gasteiger partial charge on any atom is -0.483 e. The fourth-order valence-corrected chi connectivity index (χ4v) is 9.27. The van der Waals surface area contributed by atoms with Crippen LogP contribution in [0.15, 0.2) is 82.6 Å². The molecule has 1 aliphatic rings. The summed E-state index contributed by atoms with van der Waals surface area (Å²) in [6.45, 7) is 3.52. The number of carbonyl (C=O) groups excluding carboxylic acids is 2. The van der Waals surface area contributed by atoms with Crippen molar-refractivity contribution in [3.8, 4) is 5.75 Å². The van der Waals surface area contributed by atoms with Crippen molar-refractivity contribution in [1.29, 1.82) is 0 Å². The van der Waals surface area contributed by atoms with Crippen molar-refractivity contribution in [2.24, 2.45) is 5.41 Å². The first kappa shape index (κ1) is 39.2. The molecule has 0 spiro atoms. The Labute approximate surface area is 300 Å². The number of sulfone groups is 1. The lowest BCUT2D eigenvalue weighted by molar-refractivity contribution is -0.124. The Morgan fingerprint density at radius 1 is 1.00 bits per heavy atom. The van der Waals surface area contributed by atoms with Crippen LogP contribution in [0.25, 0.3) is 0 Å². The van der Waals surface area contributed by atoms with Crippen LogP contribution in [-0.2, 0) is 29.5 Å². The van der Waals surface area contributed by atoms with Crippen molar-refractivity contribution in [3.05, 3.63) is 72.8 Å². The second-order valence-corrected chi connectivity index (χ2v) is 17.0. The number of rotatable bonds is 17. The average Bonchev–Trinajstić information content (AvgIpc) is 3.19. The minimum absolute atomic E-state index is 0.00178. The monoisotopic (exact) mass is 745 g/mol. The van der Waals surface area contributed by atoms with Gasteiger partial charge in [0.1, 0.15) is 12.3 Å². The van der Waals surface area contributed by atoms with Crippen molar-refractivity contribution in [2.75, 3.05) is 53.8 Å². The number of anilines is 3. The number of amides is 2. The first-order valence-corrected chi connectivity index (χ1v) is 21.3. The van der Waals surface area contributed by atoms with E-state index in [-0.39, 0.29) is 22.9 Å². The molecule has 4 rings (SSSR count). The van der Waals surface area contributed by atoms with Crippen LogP contribution in [0.2, 0.25) is 0 Å². The summed E-state index contributed by atoms with van der Waals surface area (Å²) < 4.78 is 66.0. The molecule has 3 aromatic rings. The van der Waals surface area contributed by atoms with E-state index in [0.717, 1.165) is 44.2 Å². The van der Waals surface area contributed by atoms with E-state index in [1.807, 2.05) is 42.7 Å². The van der Waals surface area contributed by atoms with Gasteiger partial charge in [-0.25, -0.2) is 8.42 Å².